The topological polar surface area (TPSA) is 50.4 Å². The van der Waals surface area contributed by atoms with Crippen LogP contribution in [-0.2, 0) is 22.5 Å². The predicted octanol–water partition coefficient (Wildman–Crippen LogP) is 1.70. The first kappa shape index (κ1) is 14.5. The minimum Gasteiger partial charge on any atom is -0.368 e. The summed E-state index contributed by atoms with van der Waals surface area (Å²) >= 11 is 1.70. The van der Waals surface area contributed by atoms with Crippen LogP contribution >= 0.6 is 11.3 Å². The monoisotopic (exact) mass is 282 g/mol. The average Bonchev–Trinajstić information content (AvgIpc) is 2.91. The third kappa shape index (κ3) is 4.60. The van der Waals surface area contributed by atoms with Gasteiger partial charge in [0.1, 0.15) is 6.61 Å². The van der Waals surface area contributed by atoms with Crippen molar-refractivity contribution in [2.24, 2.45) is 0 Å². The third-order valence-corrected chi connectivity index (χ3v) is 4.36. The number of rotatable bonds is 6. The number of hydrogen-bond acceptors (Lipinski definition) is 4. The second-order valence-electron chi connectivity index (χ2n) is 4.76. The van der Waals surface area contributed by atoms with Gasteiger partial charge in [-0.05, 0) is 49.4 Å². The van der Waals surface area contributed by atoms with Crippen LogP contribution in [0.1, 0.15) is 30.2 Å². The fourth-order valence-electron chi connectivity index (χ4n) is 2.22. The van der Waals surface area contributed by atoms with Crippen LogP contribution < -0.4 is 10.6 Å². The molecule has 1 aliphatic heterocycles. The summed E-state index contributed by atoms with van der Waals surface area (Å²) in [6.07, 6.45) is 3.25. The van der Waals surface area contributed by atoms with Gasteiger partial charge in [-0.25, -0.2) is 0 Å². The lowest BCUT2D eigenvalue weighted by atomic mass is 10.1. The largest absolute Gasteiger partial charge is 0.368 e. The van der Waals surface area contributed by atoms with E-state index in [1.165, 1.54) is 10.4 Å². The van der Waals surface area contributed by atoms with E-state index in [0.717, 1.165) is 32.4 Å². The van der Waals surface area contributed by atoms with Crippen LogP contribution in [0.3, 0.4) is 0 Å². The molecule has 2 rings (SSSR count). The molecule has 19 heavy (non-hydrogen) atoms. The summed E-state index contributed by atoms with van der Waals surface area (Å²) in [5.74, 6) is -0.0195. The molecule has 1 aromatic rings. The molecule has 0 radical (unpaired) electrons. The summed E-state index contributed by atoms with van der Waals surface area (Å²) in [4.78, 5) is 13.0. The first-order chi connectivity index (χ1) is 9.29. The zero-order valence-corrected chi connectivity index (χ0v) is 12.2. The molecule has 0 spiro atoms. The van der Waals surface area contributed by atoms with Crippen LogP contribution in [0.2, 0.25) is 0 Å². The third-order valence-electron chi connectivity index (χ3n) is 3.40. The van der Waals surface area contributed by atoms with Gasteiger partial charge in [0.05, 0.1) is 12.6 Å². The summed E-state index contributed by atoms with van der Waals surface area (Å²) in [6, 6.07) is 2.12. The van der Waals surface area contributed by atoms with E-state index < -0.39 is 0 Å². The molecule has 5 heteroatoms. The van der Waals surface area contributed by atoms with Crippen LogP contribution in [0.15, 0.2) is 11.4 Å². The summed E-state index contributed by atoms with van der Waals surface area (Å²) in [6.45, 7) is 4.91. The fraction of sp³-hybridized carbons (Fsp3) is 0.643. The lowest BCUT2D eigenvalue weighted by Crippen LogP contribution is -2.35. The van der Waals surface area contributed by atoms with Crippen molar-refractivity contribution >= 4 is 17.2 Å². The lowest BCUT2D eigenvalue weighted by Gasteiger charge is -2.22. The second-order valence-corrected chi connectivity index (χ2v) is 5.76. The Morgan fingerprint density at radius 1 is 1.53 bits per heavy atom. The van der Waals surface area contributed by atoms with Gasteiger partial charge < -0.3 is 15.4 Å². The summed E-state index contributed by atoms with van der Waals surface area (Å²) in [5, 5.41) is 8.28. The summed E-state index contributed by atoms with van der Waals surface area (Å²) in [7, 11) is 0. The minimum absolute atomic E-state index is 0.0195. The van der Waals surface area contributed by atoms with E-state index >= 15 is 0 Å². The lowest BCUT2D eigenvalue weighted by molar-refractivity contribution is -0.128. The highest BCUT2D eigenvalue weighted by molar-refractivity contribution is 7.10. The molecule has 0 saturated carbocycles. The van der Waals surface area contributed by atoms with Gasteiger partial charge in [-0.1, -0.05) is 6.92 Å². The van der Waals surface area contributed by atoms with E-state index in [1.807, 2.05) is 0 Å². The smallest absolute Gasteiger partial charge is 0.246 e. The molecule has 1 fully saturated rings. The fourth-order valence-corrected chi connectivity index (χ4v) is 3.14. The zero-order chi connectivity index (χ0) is 13.5. The molecule has 0 aliphatic carbocycles. The number of amides is 1. The Morgan fingerprint density at radius 2 is 2.32 bits per heavy atom. The maximum Gasteiger partial charge on any atom is 0.246 e. The van der Waals surface area contributed by atoms with E-state index in [9.17, 15) is 4.79 Å². The number of piperidine rings is 1. The molecule has 1 aromatic heterocycles. The Bertz CT molecular complexity index is 400. The van der Waals surface area contributed by atoms with Gasteiger partial charge in [-0.15, -0.1) is 11.3 Å². The standard InChI is InChI=1S/C14H22N2O2S/c1-2-11-5-8-19-13(11)9-16-14(17)10-18-12-3-6-15-7-4-12/h5,8,12,15H,2-4,6-7,9-10H2,1H3,(H,16,17). The Kier molecular flexibility index (Phi) is 5.82. The van der Waals surface area contributed by atoms with Gasteiger partial charge >= 0.3 is 0 Å². The Morgan fingerprint density at radius 3 is 3.05 bits per heavy atom. The van der Waals surface area contributed by atoms with E-state index in [2.05, 4.69) is 29.0 Å². The number of thiophene rings is 1. The van der Waals surface area contributed by atoms with Crippen molar-refractivity contribution < 1.29 is 9.53 Å². The average molecular weight is 282 g/mol. The molecule has 0 unspecified atom stereocenters. The first-order valence-corrected chi connectivity index (χ1v) is 7.81. The van der Waals surface area contributed by atoms with Crippen molar-refractivity contribution in [3.05, 3.63) is 21.9 Å². The number of nitrogens with one attached hydrogen (secondary N) is 2. The number of aryl methyl sites for hydroxylation is 1. The van der Waals surface area contributed by atoms with Crippen molar-refractivity contribution in [1.82, 2.24) is 10.6 Å². The van der Waals surface area contributed by atoms with Crippen molar-refractivity contribution in [3.63, 3.8) is 0 Å². The van der Waals surface area contributed by atoms with Gasteiger partial charge in [0.2, 0.25) is 5.91 Å². The van der Waals surface area contributed by atoms with Gasteiger partial charge in [0.15, 0.2) is 0 Å². The molecule has 2 heterocycles. The van der Waals surface area contributed by atoms with Crippen molar-refractivity contribution in [3.8, 4) is 0 Å². The van der Waals surface area contributed by atoms with Gasteiger partial charge in [0, 0.05) is 4.88 Å². The first-order valence-electron chi connectivity index (χ1n) is 6.94. The minimum atomic E-state index is -0.0195. The molecule has 4 nitrogen and oxygen atoms in total. The predicted molar refractivity (Wildman–Crippen MR) is 77.4 cm³/mol. The van der Waals surface area contributed by atoms with Crippen molar-refractivity contribution in [2.75, 3.05) is 19.7 Å². The number of hydrogen-bond donors (Lipinski definition) is 2. The maximum absolute atomic E-state index is 11.7. The Balaban J connectivity index is 1.66. The molecule has 0 aromatic carbocycles. The van der Waals surface area contributed by atoms with Crippen LogP contribution in [0.25, 0.3) is 0 Å². The molecule has 1 saturated heterocycles. The van der Waals surface area contributed by atoms with E-state index in [1.54, 1.807) is 11.3 Å². The maximum atomic E-state index is 11.7. The molecular formula is C14H22N2O2S. The van der Waals surface area contributed by atoms with Crippen LogP contribution in [0.5, 0.6) is 0 Å². The highest BCUT2D eigenvalue weighted by Gasteiger charge is 2.14. The molecular weight excluding hydrogens is 260 g/mol. The summed E-state index contributed by atoms with van der Waals surface area (Å²) in [5.41, 5.74) is 1.32. The second kappa shape index (κ2) is 7.62. The number of carbonyl (C=O) groups excluding carboxylic acids is 1. The van der Waals surface area contributed by atoms with E-state index in [-0.39, 0.29) is 18.6 Å². The van der Waals surface area contributed by atoms with Crippen molar-refractivity contribution in [1.29, 1.82) is 0 Å². The summed E-state index contributed by atoms with van der Waals surface area (Å²) < 4.78 is 5.62. The van der Waals surface area contributed by atoms with Gasteiger partial charge in [-0.2, -0.15) is 0 Å². The van der Waals surface area contributed by atoms with Crippen molar-refractivity contribution in [2.45, 2.75) is 38.8 Å². The van der Waals surface area contributed by atoms with Crippen LogP contribution in [-0.4, -0.2) is 31.7 Å². The highest BCUT2D eigenvalue weighted by atomic mass is 32.1. The number of carbonyl (C=O) groups is 1. The molecule has 2 N–H and O–H groups in total. The molecule has 0 atom stereocenters. The van der Waals surface area contributed by atoms with Gasteiger partial charge in [-0.3, -0.25) is 4.79 Å². The molecule has 1 aliphatic rings. The Labute approximate surface area is 118 Å². The molecule has 1 amide bonds. The highest BCUT2D eigenvalue weighted by Crippen LogP contribution is 2.16. The normalized spacial score (nSPS) is 16.5. The van der Waals surface area contributed by atoms with E-state index in [4.69, 9.17) is 4.74 Å². The van der Waals surface area contributed by atoms with E-state index in [0.29, 0.717) is 6.54 Å². The van der Waals surface area contributed by atoms with Crippen LogP contribution in [0.4, 0.5) is 0 Å². The van der Waals surface area contributed by atoms with Gasteiger partial charge in [0.25, 0.3) is 0 Å². The number of ether oxygens (including phenoxy) is 1. The SMILES string of the molecule is CCc1ccsc1CNC(=O)COC1CCNCC1. The quantitative estimate of drug-likeness (QED) is 0.835. The van der Waals surface area contributed by atoms with Crippen LogP contribution in [0, 0.1) is 0 Å². The molecule has 0 bridgehead atoms. The molecule has 106 valence electrons. The zero-order valence-electron chi connectivity index (χ0n) is 11.4. The Hall–Kier alpha value is -0.910.